The van der Waals surface area contributed by atoms with Gasteiger partial charge in [-0.15, -0.1) is 0 Å². The Hall–Kier alpha value is -4.78. The van der Waals surface area contributed by atoms with Crippen LogP contribution in [-0.2, 0) is 36.7 Å². The molecule has 0 aliphatic heterocycles. The van der Waals surface area contributed by atoms with Crippen LogP contribution < -0.4 is 5.32 Å². The van der Waals surface area contributed by atoms with E-state index in [1.54, 1.807) is 43.3 Å². The van der Waals surface area contributed by atoms with E-state index in [1.807, 2.05) is 42.5 Å². The van der Waals surface area contributed by atoms with Gasteiger partial charge in [-0.2, -0.15) is 0 Å². The second-order valence-corrected chi connectivity index (χ2v) is 9.14. The molecule has 4 rings (SSSR count). The maximum absolute atomic E-state index is 12.9. The molecule has 0 heterocycles. The fourth-order valence-electron chi connectivity index (χ4n) is 4.37. The molecule has 39 heavy (non-hydrogen) atoms. The first-order valence-electron chi connectivity index (χ1n) is 12.5. The number of hydrogen-bond donors (Lipinski definition) is 1. The monoisotopic (exact) mass is 523 g/mol. The number of anilines is 1. The maximum Gasteiger partial charge on any atom is 0.228 e. The van der Waals surface area contributed by atoms with Crippen molar-refractivity contribution in [1.82, 2.24) is 0 Å². The molecule has 0 aromatic heterocycles. The molecule has 7 nitrogen and oxygen atoms in total. The number of benzene rings is 3. The van der Waals surface area contributed by atoms with Gasteiger partial charge in [0.05, 0.1) is 14.2 Å². The van der Waals surface area contributed by atoms with Crippen LogP contribution in [0.3, 0.4) is 0 Å². The van der Waals surface area contributed by atoms with Crippen LogP contribution in [0.4, 0.5) is 5.69 Å². The average Bonchev–Trinajstić information content (AvgIpc) is 2.97. The molecule has 1 aliphatic carbocycles. The first-order chi connectivity index (χ1) is 18.8. The van der Waals surface area contributed by atoms with E-state index in [9.17, 15) is 19.2 Å². The van der Waals surface area contributed by atoms with Gasteiger partial charge in [-0.3, -0.25) is 19.2 Å². The van der Waals surface area contributed by atoms with Crippen LogP contribution in [0.25, 0.3) is 0 Å². The van der Waals surface area contributed by atoms with Crippen LogP contribution in [0.5, 0.6) is 0 Å². The number of carbonyl (C=O) groups is 4. The summed E-state index contributed by atoms with van der Waals surface area (Å²) in [7, 11) is 2.67. The Labute approximate surface area is 227 Å². The van der Waals surface area contributed by atoms with E-state index >= 15 is 0 Å². The molecule has 0 atom stereocenters. The van der Waals surface area contributed by atoms with Gasteiger partial charge in [0, 0.05) is 40.8 Å². The van der Waals surface area contributed by atoms with E-state index in [0.717, 1.165) is 11.1 Å². The summed E-state index contributed by atoms with van der Waals surface area (Å²) < 4.78 is 10.2. The molecule has 198 valence electrons. The lowest BCUT2D eigenvalue weighted by Crippen LogP contribution is -2.26. The largest absolute Gasteiger partial charge is 0.489 e. The third-order valence-corrected chi connectivity index (χ3v) is 6.61. The first-order valence-corrected chi connectivity index (χ1v) is 12.5. The number of hydrogen-bond acceptors (Lipinski definition) is 6. The standard InChI is InChI=1S/C32H29NO6/c1-20-26(30(37)32(39-3)31(38-2)28(20)35)19-22-11-9-21(10-12-22)13-18-27(34)33-25-16-14-24(15-17-25)29(36)23-7-5-4-6-8-23/h4-12,14-17H,13,18-19H2,1-3H3,(H,33,34). The number of carbonyl (C=O) groups excluding carboxylic acids is 4. The summed E-state index contributed by atoms with van der Waals surface area (Å²) in [5.41, 5.74) is 4.34. The van der Waals surface area contributed by atoms with Gasteiger partial charge < -0.3 is 14.8 Å². The zero-order chi connectivity index (χ0) is 27.9. The lowest BCUT2D eigenvalue weighted by Gasteiger charge is -2.20. The van der Waals surface area contributed by atoms with Crippen molar-refractivity contribution in [2.45, 2.75) is 26.2 Å². The highest BCUT2D eigenvalue weighted by Gasteiger charge is 2.34. The summed E-state index contributed by atoms with van der Waals surface area (Å²) in [6, 6.07) is 23.5. The van der Waals surface area contributed by atoms with Gasteiger partial charge in [0.1, 0.15) is 0 Å². The Kier molecular flexibility index (Phi) is 8.51. The number of methoxy groups -OCH3 is 2. The van der Waals surface area contributed by atoms with Gasteiger partial charge in [-0.05, 0) is 48.7 Å². The van der Waals surface area contributed by atoms with E-state index in [0.29, 0.717) is 34.4 Å². The second kappa shape index (κ2) is 12.2. The van der Waals surface area contributed by atoms with Crippen LogP contribution in [0, 0.1) is 0 Å². The Morgan fingerprint density at radius 2 is 1.28 bits per heavy atom. The Morgan fingerprint density at radius 3 is 1.90 bits per heavy atom. The predicted octanol–water partition coefficient (Wildman–Crippen LogP) is 5.00. The number of ketones is 3. The minimum atomic E-state index is -0.357. The molecule has 0 unspecified atom stereocenters. The summed E-state index contributed by atoms with van der Waals surface area (Å²) in [5, 5.41) is 2.86. The highest BCUT2D eigenvalue weighted by molar-refractivity contribution is 6.23. The van der Waals surface area contributed by atoms with Gasteiger partial charge in [0.25, 0.3) is 0 Å². The van der Waals surface area contributed by atoms with Crippen molar-refractivity contribution < 1.29 is 28.7 Å². The molecule has 0 saturated heterocycles. The van der Waals surface area contributed by atoms with Crippen molar-refractivity contribution in [3.63, 3.8) is 0 Å². The quantitative estimate of drug-likeness (QED) is 0.297. The van der Waals surface area contributed by atoms with Crippen molar-refractivity contribution in [3.05, 3.63) is 124 Å². The van der Waals surface area contributed by atoms with Crippen LogP contribution in [0.2, 0.25) is 0 Å². The zero-order valence-corrected chi connectivity index (χ0v) is 22.1. The number of Topliss-reactive ketones (excluding diaryl/α,β-unsaturated/α-hetero) is 2. The molecule has 1 amide bonds. The molecule has 0 radical (unpaired) electrons. The third kappa shape index (κ3) is 6.21. The minimum absolute atomic E-state index is 0.0712. The topological polar surface area (TPSA) is 98.8 Å². The third-order valence-electron chi connectivity index (χ3n) is 6.61. The number of ether oxygens (including phenoxy) is 2. The predicted molar refractivity (Wildman–Crippen MR) is 147 cm³/mol. The molecule has 3 aromatic rings. The van der Waals surface area contributed by atoms with Gasteiger partial charge in [0.15, 0.2) is 5.78 Å². The van der Waals surface area contributed by atoms with Crippen molar-refractivity contribution in [2.75, 3.05) is 19.5 Å². The SMILES string of the molecule is COC1=C(OC)C(=O)C(Cc2ccc(CCC(=O)Nc3ccc(C(=O)c4ccccc4)cc3)cc2)=C(C)C1=O. The minimum Gasteiger partial charge on any atom is -0.489 e. The van der Waals surface area contributed by atoms with Crippen LogP contribution in [0.1, 0.15) is 40.4 Å². The van der Waals surface area contributed by atoms with Crippen molar-refractivity contribution >= 4 is 28.9 Å². The van der Waals surface area contributed by atoms with Crippen molar-refractivity contribution in [1.29, 1.82) is 0 Å². The van der Waals surface area contributed by atoms with Crippen molar-refractivity contribution in [3.8, 4) is 0 Å². The average molecular weight is 524 g/mol. The Balaban J connectivity index is 1.31. The molecule has 0 bridgehead atoms. The fraction of sp³-hybridized carbons (Fsp3) is 0.188. The maximum atomic E-state index is 12.9. The van der Waals surface area contributed by atoms with E-state index in [2.05, 4.69) is 5.32 Å². The fourth-order valence-corrected chi connectivity index (χ4v) is 4.37. The normalized spacial score (nSPS) is 13.4. The first kappa shape index (κ1) is 27.3. The van der Waals surface area contributed by atoms with Crippen LogP contribution >= 0.6 is 0 Å². The van der Waals surface area contributed by atoms with E-state index in [1.165, 1.54) is 14.2 Å². The summed E-state index contributed by atoms with van der Waals surface area (Å²) >= 11 is 0. The molecule has 0 fully saturated rings. The van der Waals surface area contributed by atoms with Crippen LogP contribution in [-0.4, -0.2) is 37.5 Å². The molecule has 1 N–H and O–H groups in total. The number of aryl methyl sites for hydroxylation is 1. The lowest BCUT2D eigenvalue weighted by atomic mass is 9.88. The van der Waals surface area contributed by atoms with Crippen molar-refractivity contribution in [2.24, 2.45) is 0 Å². The van der Waals surface area contributed by atoms with Gasteiger partial charge in [0.2, 0.25) is 29.0 Å². The highest BCUT2D eigenvalue weighted by Crippen LogP contribution is 2.28. The molecule has 7 heteroatoms. The summed E-state index contributed by atoms with van der Waals surface area (Å²) in [5.74, 6) is -1.08. The summed E-state index contributed by atoms with van der Waals surface area (Å²) in [6.45, 7) is 1.61. The smallest absolute Gasteiger partial charge is 0.228 e. The molecule has 0 spiro atoms. The molecular formula is C32H29NO6. The number of allylic oxidation sites excluding steroid dienone is 2. The van der Waals surface area contributed by atoms with Gasteiger partial charge >= 0.3 is 0 Å². The number of nitrogens with one attached hydrogen (secondary N) is 1. The molecular weight excluding hydrogens is 494 g/mol. The second-order valence-electron chi connectivity index (χ2n) is 9.14. The zero-order valence-electron chi connectivity index (χ0n) is 22.1. The summed E-state index contributed by atoms with van der Waals surface area (Å²) in [4.78, 5) is 50.5. The van der Waals surface area contributed by atoms with Gasteiger partial charge in [-0.1, -0.05) is 54.6 Å². The Bertz CT molecular complexity index is 1470. The summed E-state index contributed by atoms with van der Waals surface area (Å²) in [6.07, 6.45) is 1.09. The Morgan fingerprint density at radius 1 is 0.718 bits per heavy atom. The van der Waals surface area contributed by atoms with E-state index < -0.39 is 0 Å². The van der Waals surface area contributed by atoms with Gasteiger partial charge in [-0.25, -0.2) is 0 Å². The number of amides is 1. The van der Waals surface area contributed by atoms with E-state index in [4.69, 9.17) is 9.47 Å². The highest BCUT2D eigenvalue weighted by atomic mass is 16.5. The number of rotatable bonds is 10. The lowest BCUT2D eigenvalue weighted by molar-refractivity contribution is -0.121. The molecule has 1 aliphatic rings. The van der Waals surface area contributed by atoms with E-state index in [-0.39, 0.29) is 47.6 Å². The van der Waals surface area contributed by atoms with Crippen LogP contribution in [0.15, 0.2) is 102 Å². The molecule has 3 aromatic carbocycles. The molecule has 0 saturated carbocycles.